The van der Waals surface area contributed by atoms with Crippen LogP contribution in [0.3, 0.4) is 0 Å². The first-order valence-corrected chi connectivity index (χ1v) is 24.8. The third kappa shape index (κ3) is 11.5. The summed E-state index contributed by atoms with van der Waals surface area (Å²) in [7, 11) is -9.29. The molecule has 3 aliphatic rings. The summed E-state index contributed by atoms with van der Waals surface area (Å²) in [6.07, 6.45) is 3.65. The van der Waals surface area contributed by atoms with E-state index < -0.39 is 34.5 Å². The lowest BCUT2D eigenvalue weighted by molar-refractivity contribution is 0.308. The van der Waals surface area contributed by atoms with E-state index in [1.54, 1.807) is 6.55 Å². The van der Waals surface area contributed by atoms with Gasteiger partial charge in [0.25, 0.3) is 0 Å². The van der Waals surface area contributed by atoms with E-state index in [0.717, 1.165) is 78.9 Å². The second kappa shape index (κ2) is 15.0. The molecule has 4 unspecified atom stereocenters. The van der Waals surface area contributed by atoms with Crippen LogP contribution in [0.15, 0.2) is 48.5 Å². The van der Waals surface area contributed by atoms with Crippen LogP contribution in [-0.4, -0.2) is 57.3 Å². The molecule has 0 saturated carbocycles. The summed E-state index contributed by atoms with van der Waals surface area (Å²) in [6, 6.07) is 19.8. The maximum Gasteiger partial charge on any atom is 0.315 e. The predicted octanol–water partition coefficient (Wildman–Crippen LogP) is 6.92. The molecule has 5 rings (SSSR count). The average Bonchev–Trinajstić information content (AvgIpc) is 2.85. The van der Waals surface area contributed by atoms with Crippen molar-refractivity contribution in [2.45, 2.75) is 89.0 Å². The third-order valence-corrected chi connectivity index (χ3v) is 21.3. The van der Waals surface area contributed by atoms with Gasteiger partial charge < -0.3 is 32.0 Å². The first-order valence-electron chi connectivity index (χ1n) is 14.4. The van der Waals surface area contributed by atoms with Crippen molar-refractivity contribution >= 4 is 34.5 Å². The first-order chi connectivity index (χ1) is 18.5. The first kappa shape index (κ1) is 32.1. The Labute approximate surface area is 239 Å². The van der Waals surface area contributed by atoms with E-state index in [0.29, 0.717) is 13.2 Å². The van der Waals surface area contributed by atoms with Crippen molar-refractivity contribution in [2.75, 3.05) is 13.2 Å². The normalized spacial score (nSPS) is 28.5. The Morgan fingerprint density at radius 3 is 1.77 bits per heavy atom. The fourth-order valence-corrected chi connectivity index (χ4v) is 20.2. The summed E-state index contributed by atoms with van der Waals surface area (Å²) in [5, 5.41) is 0. The number of benzene rings is 2. The molecule has 3 aliphatic heterocycles. The van der Waals surface area contributed by atoms with Gasteiger partial charge in [-0.2, -0.15) is 0 Å². The zero-order valence-corrected chi connectivity index (χ0v) is 28.6. The van der Waals surface area contributed by atoms with Crippen LogP contribution in [-0.2, 0) is 8.23 Å². The van der Waals surface area contributed by atoms with Crippen LogP contribution in [0.2, 0.25) is 56.4 Å². The Morgan fingerprint density at radius 1 is 0.769 bits per heavy atom. The molecule has 0 spiro atoms. The number of hydrogen-bond acceptors (Lipinski definition) is 7. The lowest BCUT2D eigenvalue weighted by atomic mass is 10.3. The maximum atomic E-state index is 11.2. The zero-order chi connectivity index (χ0) is 28.4. The molecule has 218 valence electrons. The van der Waals surface area contributed by atoms with Gasteiger partial charge in [0.2, 0.25) is 0 Å². The van der Waals surface area contributed by atoms with E-state index in [-0.39, 0.29) is 0 Å². The van der Waals surface area contributed by atoms with E-state index >= 15 is 0 Å². The molecule has 2 aromatic carbocycles. The van der Waals surface area contributed by atoms with Crippen LogP contribution in [0, 0.1) is 0 Å². The maximum absolute atomic E-state index is 11.2. The van der Waals surface area contributed by atoms with Crippen molar-refractivity contribution in [1.82, 2.24) is 0 Å². The second-order valence-corrected chi connectivity index (χ2v) is 25.1. The molecule has 39 heavy (non-hydrogen) atoms. The number of hydrogen-bond donors (Lipinski definition) is 2. The molecule has 2 aromatic rings. The smallest absolute Gasteiger partial charge is 0.315 e. The molecule has 2 N–H and O–H groups in total. The Bertz CT molecular complexity index is 990. The monoisotopic (exact) mass is 608 g/mol. The van der Waals surface area contributed by atoms with Gasteiger partial charge in [-0.3, -0.25) is 0 Å². The van der Waals surface area contributed by atoms with Gasteiger partial charge in [0.15, 0.2) is 16.6 Å². The standard InChI is InChI=1S/C28H48O7Si4/c1-6-20-38(4)23-8-19-32-26-12-16-28(17-13-26)33-27-14-10-25(11-15-27)31-18-7-21-37(3,30)22-9-24-39(5,35-38)34-36(2)29/h10-17,29-30,36H,6-9,18-24H2,1-5H3. The van der Waals surface area contributed by atoms with Gasteiger partial charge in [-0.25, -0.2) is 0 Å². The minimum atomic E-state index is -2.59. The van der Waals surface area contributed by atoms with Gasteiger partial charge in [-0.15, -0.1) is 0 Å². The van der Waals surface area contributed by atoms with Crippen molar-refractivity contribution in [1.29, 1.82) is 0 Å². The van der Waals surface area contributed by atoms with Gasteiger partial charge in [0.05, 0.1) is 13.2 Å². The van der Waals surface area contributed by atoms with E-state index in [9.17, 15) is 9.59 Å². The summed E-state index contributed by atoms with van der Waals surface area (Å²) in [4.78, 5) is 21.4. The fraction of sp³-hybridized carbons (Fsp3) is 0.571. The highest BCUT2D eigenvalue weighted by molar-refractivity contribution is 6.85. The molecule has 7 nitrogen and oxygen atoms in total. The zero-order valence-electron chi connectivity index (χ0n) is 24.4. The van der Waals surface area contributed by atoms with Crippen LogP contribution in [0.4, 0.5) is 0 Å². The molecule has 0 fully saturated rings. The topological polar surface area (TPSA) is 86.6 Å². The molecule has 0 aromatic heterocycles. The van der Waals surface area contributed by atoms with E-state index in [1.807, 2.05) is 55.1 Å². The molecule has 4 atom stereocenters. The summed E-state index contributed by atoms with van der Waals surface area (Å²) < 4.78 is 31.2. The number of rotatable bonds is 4. The summed E-state index contributed by atoms with van der Waals surface area (Å²) in [6.45, 7) is 11.7. The quantitative estimate of drug-likeness (QED) is 0.364. The third-order valence-electron chi connectivity index (χ3n) is 7.14. The Kier molecular flexibility index (Phi) is 12.3. The molecular weight excluding hydrogens is 561 g/mol. The Morgan fingerprint density at radius 2 is 1.26 bits per heavy atom. The summed E-state index contributed by atoms with van der Waals surface area (Å²) in [5.74, 6) is 3.11. The van der Waals surface area contributed by atoms with Crippen molar-refractivity contribution in [2.24, 2.45) is 0 Å². The predicted molar refractivity (Wildman–Crippen MR) is 167 cm³/mol. The molecule has 11 heteroatoms. The van der Waals surface area contributed by atoms with Crippen molar-refractivity contribution in [3.8, 4) is 23.0 Å². The van der Waals surface area contributed by atoms with Gasteiger partial charge in [-0.05, 0) is 118 Å². The van der Waals surface area contributed by atoms with E-state index in [1.165, 1.54) is 0 Å². The van der Waals surface area contributed by atoms with E-state index in [4.69, 9.17) is 22.4 Å². The van der Waals surface area contributed by atoms with E-state index in [2.05, 4.69) is 20.0 Å². The molecule has 0 aliphatic carbocycles. The Hall–Kier alpha value is -1.45. The highest BCUT2D eigenvalue weighted by Gasteiger charge is 2.42. The van der Waals surface area contributed by atoms with Gasteiger partial charge >= 0.3 is 17.8 Å². The van der Waals surface area contributed by atoms with Gasteiger partial charge in [0.1, 0.15) is 23.0 Å². The average molecular weight is 609 g/mol. The SMILES string of the molecule is CCC[Si]1(C)CCCOc2ccc(cc2)Oc2ccc(cc2)OCCC[Si](C)(O)CCC[Si](C)(O[SiH](C)O)O1. The Balaban J connectivity index is 1.75. The summed E-state index contributed by atoms with van der Waals surface area (Å²) in [5.41, 5.74) is 0. The molecule has 0 amide bonds. The van der Waals surface area contributed by atoms with Crippen LogP contribution in [0.5, 0.6) is 23.0 Å². The minimum absolute atomic E-state index is 0.568. The van der Waals surface area contributed by atoms with Crippen molar-refractivity contribution in [3.05, 3.63) is 48.5 Å². The van der Waals surface area contributed by atoms with Crippen molar-refractivity contribution in [3.63, 3.8) is 0 Å². The molecule has 0 radical (unpaired) electrons. The minimum Gasteiger partial charge on any atom is -0.494 e. The molecular formula is C28H48O7Si4. The highest BCUT2D eigenvalue weighted by atomic mass is 28.5. The fourth-order valence-electron chi connectivity index (χ4n) is 5.31. The molecule has 4 bridgehead atoms. The molecule has 3 heterocycles. The molecule has 0 saturated heterocycles. The largest absolute Gasteiger partial charge is 0.494 e. The second-order valence-electron chi connectivity index (χ2n) is 11.5. The number of ether oxygens (including phenoxy) is 3. The van der Waals surface area contributed by atoms with Crippen LogP contribution < -0.4 is 14.2 Å². The summed E-state index contributed by atoms with van der Waals surface area (Å²) >= 11 is 0. The van der Waals surface area contributed by atoms with Gasteiger partial charge in [-0.1, -0.05) is 19.8 Å². The highest BCUT2D eigenvalue weighted by Crippen LogP contribution is 2.32. The van der Waals surface area contributed by atoms with Crippen molar-refractivity contribution < 1.29 is 32.0 Å². The lowest BCUT2D eigenvalue weighted by Gasteiger charge is -2.39. The van der Waals surface area contributed by atoms with Gasteiger partial charge in [0, 0.05) is 0 Å². The van der Waals surface area contributed by atoms with Crippen LogP contribution in [0.25, 0.3) is 0 Å². The number of fused-ring (bicyclic) bond motifs is 2. The van der Waals surface area contributed by atoms with Crippen LogP contribution >= 0.6 is 0 Å². The lowest BCUT2D eigenvalue weighted by Crippen LogP contribution is -2.52. The van der Waals surface area contributed by atoms with Crippen LogP contribution in [0.1, 0.15) is 32.6 Å².